The monoisotopic (exact) mass is 858 g/mol. The van der Waals surface area contributed by atoms with Gasteiger partial charge in [0.2, 0.25) is 0 Å². The van der Waals surface area contributed by atoms with Gasteiger partial charge in [0.25, 0.3) is 0 Å². The largest absolute Gasteiger partial charge is 0.349 e. The van der Waals surface area contributed by atoms with Crippen LogP contribution in [0.2, 0.25) is 20.1 Å². The molecule has 0 N–H and O–H groups in total. The zero-order valence-corrected chi connectivity index (χ0v) is 33.7. The third-order valence-electron chi connectivity index (χ3n) is 11.9. The minimum atomic E-state index is 0.738. The van der Waals surface area contributed by atoms with Crippen molar-refractivity contribution in [2.45, 2.75) is 67.0 Å². The highest BCUT2D eigenvalue weighted by atomic mass is 79.9. The lowest BCUT2D eigenvalue weighted by Crippen LogP contribution is -2.50. The summed E-state index contributed by atoms with van der Waals surface area (Å²) in [5.74, 6) is 0. The Bertz CT molecular complexity index is 2090. The van der Waals surface area contributed by atoms with Gasteiger partial charge in [0.1, 0.15) is 0 Å². The maximum Gasteiger partial charge on any atom is 0.0911 e. The van der Waals surface area contributed by atoms with Gasteiger partial charge in [0.05, 0.1) is 62.8 Å². The van der Waals surface area contributed by atoms with E-state index in [1.807, 2.05) is 12.1 Å². The van der Waals surface area contributed by atoms with Gasteiger partial charge < -0.3 is 29.4 Å². The molecule has 252 valence electrons. The second kappa shape index (κ2) is 10.7. The van der Waals surface area contributed by atoms with E-state index in [0.717, 1.165) is 99.7 Å². The summed E-state index contributed by atoms with van der Waals surface area (Å²) in [5, 5.41) is 3.33. The molecule has 4 aromatic rings. The van der Waals surface area contributed by atoms with Crippen molar-refractivity contribution in [3.63, 3.8) is 0 Å². The summed E-state index contributed by atoms with van der Waals surface area (Å²) in [6, 6.07) is 4.07. The quantitative estimate of drug-likeness (QED) is 0.174. The summed E-state index contributed by atoms with van der Waals surface area (Å²) in [6.45, 7) is 15.8. The standard InChI is InChI=1S/C37H32Br2Cl4N6/c1-16-20-7-48-14-46(34(20)28(40)5-26(16)38)9-22-18(3)32-24(30(42)36(22)48)11-44-13-45(32)12-25-31(43)37-23(19(4)33(25)44)10-47-15-49(37)8-21-17(2)27(39)6-29(41)35(21)47/h5-6H,7-15H2,1-4H3. The molecule has 0 amide bonds. The summed E-state index contributed by atoms with van der Waals surface area (Å²) >= 11 is 36.4. The summed E-state index contributed by atoms with van der Waals surface area (Å²) in [6.07, 6.45) is 0. The molecular weight excluding hydrogens is 830 g/mol. The Morgan fingerprint density at radius 3 is 1.06 bits per heavy atom. The number of fused-ring (bicyclic) bond motifs is 18. The number of hydrogen-bond donors (Lipinski definition) is 0. The summed E-state index contributed by atoms with van der Waals surface area (Å²) < 4.78 is 2.09. The van der Waals surface area contributed by atoms with Gasteiger partial charge in [-0.2, -0.15) is 0 Å². The van der Waals surface area contributed by atoms with Gasteiger partial charge in [-0.15, -0.1) is 0 Å². The Morgan fingerprint density at radius 1 is 0.408 bits per heavy atom. The van der Waals surface area contributed by atoms with Gasteiger partial charge in [0.15, 0.2) is 0 Å². The van der Waals surface area contributed by atoms with Crippen LogP contribution in [0, 0.1) is 27.7 Å². The number of anilines is 6. The van der Waals surface area contributed by atoms with Crippen LogP contribution in [0.1, 0.15) is 55.6 Å². The SMILES string of the molecule is Cc1c(Br)cc(Cl)c2c1CN1CN2Cc2c(C)c3c(c(Cl)c21)CN1CN3Cc2c(Cl)c3c(c(C)c21)CN1CN3Cc2c(C)c(Br)cc(Cl)c21. The van der Waals surface area contributed by atoms with Crippen LogP contribution in [0.15, 0.2) is 21.1 Å². The average Bonchev–Trinajstić information content (AvgIpc) is 3.06. The van der Waals surface area contributed by atoms with Crippen LogP contribution in [0.25, 0.3) is 0 Å². The Balaban J connectivity index is 1.08. The van der Waals surface area contributed by atoms with E-state index >= 15 is 0 Å². The molecule has 12 heteroatoms. The van der Waals surface area contributed by atoms with Gasteiger partial charge in [0, 0.05) is 93.0 Å². The van der Waals surface area contributed by atoms with Crippen LogP contribution >= 0.6 is 78.3 Å². The highest BCUT2D eigenvalue weighted by molar-refractivity contribution is 9.10. The smallest absolute Gasteiger partial charge is 0.0911 e. The van der Waals surface area contributed by atoms with E-state index in [-0.39, 0.29) is 0 Å². The fourth-order valence-corrected chi connectivity index (χ4v) is 12.2. The van der Waals surface area contributed by atoms with Crippen LogP contribution in [0.4, 0.5) is 34.1 Å². The Morgan fingerprint density at radius 2 is 0.694 bits per heavy atom. The first-order valence-electron chi connectivity index (χ1n) is 16.5. The van der Waals surface area contributed by atoms with Crippen molar-refractivity contribution in [1.29, 1.82) is 0 Å². The van der Waals surface area contributed by atoms with E-state index in [0.29, 0.717) is 0 Å². The normalized spacial score (nSPS) is 17.8. The second-order valence-electron chi connectivity index (χ2n) is 14.4. The van der Waals surface area contributed by atoms with Crippen molar-refractivity contribution >= 4 is 112 Å². The zero-order valence-electron chi connectivity index (χ0n) is 27.5. The molecule has 0 aromatic heterocycles. The van der Waals surface area contributed by atoms with E-state index in [9.17, 15) is 0 Å². The van der Waals surface area contributed by atoms with Gasteiger partial charge in [-0.1, -0.05) is 78.3 Å². The average molecular weight is 862 g/mol. The predicted molar refractivity (Wildman–Crippen MR) is 212 cm³/mol. The first-order valence-corrected chi connectivity index (χ1v) is 19.6. The van der Waals surface area contributed by atoms with Crippen LogP contribution in [0.5, 0.6) is 0 Å². The van der Waals surface area contributed by atoms with Crippen LogP contribution in [-0.2, 0) is 39.3 Å². The summed E-state index contributed by atoms with van der Waals surface area (Å²) in [7, 11) is 0. The maximum atomic E-state index is 7.56. The maximum absolute atomic E-state index is 7.56. The topological polar surface area (TPSA) is 19.4 Å². The molecule has 49 heavy (non-hydrogen) atoms. The molecule has 0 saturated carbocycles. The van der Waals surface area contributed by atoms with Gasteiger partial charge >= 0.3 is 0 Å². The van der Waals surface area contributed by atoms with Crippen molar-refractivity contribution in [3.05, 3.63) is 96.8 Å². The minimum absolute atomic E-state index is 0.738. The van der Waals surface area contributed by atoms with Crippen LogP contribution in [-0.4, -0.2) is 20.0 Å². The number of hydrogen-bond acceptors (Lipinski definition) is 6. The third kappa shape index (κ3) is 4.13. The zero-order chi connectivity index (χ0) is 33.9. The molecule has 0 aliphatic carbocycles. The first-order chi connectivity index (χ1) is 23.4. The van der Waals surface area contributed by atoms with Crippen LogP contribution in [0.3, 0.4) is 0 Å². The Labute approximate surface area is 323 Å². The van der Waals surface area contributed by atoms with Crippen LogP contribution < -0.4 is 29.4 Å². The van der Waals surface area contributed by atoms with Crippen molar-refractivity contribution in [3.8, 4) is 0 Å². The number of benzene rings is 4. The Hall–Kier alpha value is -2.20. The summed E-state index contributed by atoms with van der Waals surface area (Å²) in [5.41, 5.74) is 19.7. The number of rotatable bonds is 0. The lowest BCUT2D eigenvalue weighted by Gasteiger charge is -2.52. The molecule has 0 unspecified atom stereocenters. The van der Waals surface area contributed by atoms with Crippen molar-refractivity contribution in [2.75, 3.05) is 49.4 Å². The van der Waals surface area contributed by atoms with E-state index < -0.39 is 0 Å². The number of halogens is 6. The molecular formula is C37H32Br2Cl4N6. The van der Waals surface area contributed by atoms with E-state index in [1.165, 1.54) is 78.4 Å². The minimum Gasteiger partial charge on any atom is -0.349 e. The second-order valence-corrected chi connectivity index (χ2v) is 17.7. The fourth-order valence-electron chi connectivity index (χ4n) is 9.58. The molecule has 0 spiro atoms. The van der Waals surface area contributed by atoms with Crippen molar-refractivity contribution in [2.24, 2.45) is 0 Å². The molecule has 6 bridgehead atoms. The molecule has 0 saturated heterocycles. The van der Waals surface area contributed by atoms with E-state index in [4.69, 9.17) is 46.4 Å². The Kier molecular flexibility index (Phi) is 6.87. The molecule has 10 rings (SSSR count). The molecule has 0 radical (unpaired) electrons. The molecule has 6 aliphatic heterocycles. The fraction of sp³-hybridized carbons (Fsp3) is 0.351. The lowest BCUT2D eigenvalue weighted by molar-refractivity contribution is 0.620. The molecule has 6 heterocycles. The van der Waals surface area contributed by atoms with Gasteiger partial charge in [-0.25, -0.2) is 0 Å². The predicted octanol–water partition coefficient (Wildman–Crippen LogP) is 11.0. The van der Waals surface area contributed by atoms with E-state index in [2.05, 4.69) is 89.0 Å². The van der Waals surface area contributed by atoms with Gasteiger partial charge in [-0.3, -0.25) is 0 Å². The number of nitrogens with zero attached hydrogens (tertiary/aromatic N) is 6. The van der Waals surface area contributed by atoms with Crippen molar-refractivity contribution in [1.82, 2.24) is 0 Å². The van der Waals surface area contributed by atoms with Gasteiger partial charge in [-0.05, 0) is 62.1 Å². The van der Waals surface area contributed by atoms with E-state index in [1.54, 1.807) is 0 Å². The molecule has 6 nitrogen and oxygen atoms in total. The molecule has 6 aliphatic rings. The highest BCUT2D eigenvalue weighted by Gasteiger charge is 2.43. The molecule has 0 fully saturated rings. The third-order valence-corrected chi connectivity index (χ3v) is 14.9. The molecule has 0 atom stereocenters. The first kappa shape index (κ1) is 31.5. The molecule has 4 aromatic carbocycles. The highest BCUT2D eigenvalue weighted by Crippen LogP contribution is 2.56. The summed E-state index contributed by atoms with van der Waals surface area (Å²) in [4.78, 5) is 14.7. The van der Waals surface area contributed by atoms with Crippen molar-refractivity contribution < 1.29 is 0 Å². The lowest BCUT2D eigenvalue weighted by atomic mass is 9.88.